The SMILES string of the molecule is Cc1cn2nc(NC3CC(C)n4ccnc43)sc2n1. The molecule has 0 aliphatic carbocycles. The Bertz CT molecular complexity index is 707. The second-order valence-corrected chi connectivity index (χ2v) is 5.95. The molecule has 3 aromatic heterocycles. The first-order valence-corrected chi connectivity index (χ1v) is 7.14. The highest BCUT2D eigenvalue weighted by Crippen LogP contribution is 2.35. The second kappa shape index (κ2) is 3.80. The van der Waals surface area contributed by atoms with Crippen LogP contribution in [0.25, 0.3) is 4.96 Å². The molecule has 4 rings (SSSR count). The van der Waals surface area contributed by atoms with Crippen LogP contribution in [0.2, 0.25) is 0 Å². The molecular formula is C12H14N6S. The normalized spacial score (nSPS) is 22.0. The number of hydrogen-bond donors (Lipinski definition) is 1. The third-order valence-corrected chi connectivity index (χ3v) is 4.38. The summed E-state index contributed by atoms with van der Waals surface area (Å²) in [5, 5.41) is 8.87. The lowest BCUT2D eigenvalue weighted by molar-refractivity contribution is 0.563. The van der Waals surface area contributed by atoms with Gasteiger partial charge in [0.05, 0.1) is 17.9 Å². The van der Waals surface area contributed by atoms with E-state index in [1.54, 1.807) is 11.3 Å². The summed E-state index contributed by atoms with van der Waals surface area (Å²) < 4.78 is 4.05. The minimum atomic E-state index is 0.238. The van der Waals surface area contributed by atoms with Gasteiger partial charge in [-0.3, -0.25) is 0 Å². The summed E-state index contributed by atoms with van der Waals surface area (Å²) in [7, 11) is 0. The number of imidazole rings is 2. The van der Waals surface area contributed by atoms with Crippen LogP contribution in [-0.4, -0.2) is 24.1 Å². The molecular weight excluding hydrogens is 260 g/mol. The lowest BCUT2D eigenvalue weighted by atomic mass is 10.2. The van der Waals surface area contributed by atoms with Crippen molar-refractivity contribution in [2.75, 3.05) is 5.32 Å². The fraction of sp³-hybridized carbons (Fsp3) is 0.417. The number of aromatic nitrogens is 5. The van der Waals surface area contributed by atoms with Gasteiger partial charge in [0.1, 0.15) is 5.82 Å². The summed E-state index contributed by atoms with van der Waals surface area (Å²) in [6.07, 6.45) is 6.89. The van der Waals surface area contributed by atoms with Gasteiger partial charge in [-0.1, -0.05) is 11.3 Å². The molecule has 1 aliphatic heterocycles. The molecule has 0 amide bonds. The van der Waals surface area contributed by atoms with Crippen molar-refractivity contribution in [3.63, 3.8) is 0 Å². The lowest BCUT2D eigenvalue weighted by Crippen LogP contribution is -2.08. The third kappa shape index (κ3) is 1.65. The standard InChI is InChI=1S/C12H14N6S/c1-7-6-18-12(14-7)19-11(16-18)15-9-5-8(2)17-4-3-13-10(9)17/h3-4,6,8-9H,5H2,1-2H3,(H,15,16). The molecule has 0 saturated carbocycles. The minimum absolute atomic E-state index is 0.238. The Morgan fingerprint density at radius 1 is 1.47 bits per heavy atom. The number of nitrogens with zero attached hydrogens (tertiary/aromatic N) is 5. The number of anilines is 1. The van der Waals surface area contributed by atoms with Crippen LogP contribution in [0.5, 0.6) is 0 Å². The van der Waals surface area contributed by atoms with Gasteiger partial charge in [0.25, 0.3) is 0 Å². The number of hydrogen-bond acceptors (Lipinski definition) is 5. The van der Waals surface area contributed by atoms with Gasteiger partial charge >= 0.3 is 0 Å². The lowest BCUT2D eigenvalue weighted by Gasteiger charge is -2.09. The molecule has 3 aromatic rings. The topological polar surface area (TPSA) is 60.0 Å². The number of rotatable bonds is 2. The molecule has 0 saturated heterocycles. The summed E-state index contributed by atoms with van der Waals surface area (Å²) in [6.45, 7) is 4.19. The zero-order valence-corrected chi connectivity index (χ0v) is 11.6. The van der Waals surface area contributed by atoms with Gasteiger partial charge in [-0.2, -0.15) is 0 Å². The second-order valence-electron chi connectivity index (χ2n) is 4.99. The van der Waals surface area contributed by atoms with Crippen LogP contribution in [0, 0.1) is 6.92 Å². The minimum Gasteiger partial charge on any atom is -0.350 e. The summed E-state index contributed by atoms with van der Waals surface area (Å²) >= 11 is 1.58. The molecule has 0 aromatic carbocycles. The van der Waals surface area contributed by atoms with Crippen LogP contribution in [0.1, 0.15) is 36.9 Å². The average Bonchev–Trinajstić information content (AvgIpc) is 3.03. The van der Waals surface area contributed by atoms with Crippen LogP contribution < -0.4 is 5.32 Å². The van der Waals surface area contributed by atoms with Crippen LogP contribution in [0.3, 0.4) is 0 Å². The van der Waals surface area contributed by atoms with Gasteiger partial charge in [0.15, 0.2) is 0 Å². The van der Waals surface area contributed by atoms with Gasteiger partial charge in [0, 0.05) is 18.4 Å². The highest BCUT2D eigenvalue weighted by atomic mass is 32.1. The molecule has 2 unspecified atom stereocenters. The van der Waals surface area contributed by atoms with Crippen molar-refractivity contribution >= 4 is 21.4 Å². The fourth-order valence-corrected chi connectivity index (χ4v) is 3.55. The molecule has 98 valence electrons. The molecule has 6 nitrogen and oxygen atoms in total. The van der Waals surface area contributed by atoms with E-state index >= 15 is 0 Å². The van der Waals surface area contributed by atoms with Gasteiger partial charge in [-0.05, 0) is 20.3 Å². The van der Waals surface area contributed by atoms with Gasteiger partial charge < -0.3 is 9.88 Å². The Hall–Kier alpha value is -1.89. The molecule has 0 spiro atoms. The van der Waals surface area contributed by atoms with Crippen molar-refractivity contribution in [1.82, 2.24) is 24.1 Å². The summed E-state index contributed by atoms with van der Waals surface area (Å²) in [4.78, 5) is 9.78. The molecule has 2 atom stereocenters. The van der Waals surface area contributed by atoms with Crippen LogP contribution in [-0.2, 0) is 0 Å². The maximum absolute atomic E-state index is 4.50. The Morgan fingerprint density at radius 2 is 2.37 bits per heavy atom. The molecule has 0 fully saturated rings. The monoisotopic (exact) mass is 274 g/mol. The molecule has 7 heteroatoms. The van der Waals surface area contributed by atoms with Crippen molar-refractivity contribution in [2.45, 2.75) is 32.4 Å². The first kappa shape index (κ1) is 11.0. The predicted molar refractivity (Wildman–Crippen MR) is 73.5 cm³/mol. The van der Waals surface area contributed by atoms with Crippen LogP contribution >= 0.6 is 11.3 Å². The smallest absolute Gasteiger partial charge is 0.214 e. The number of fused-ring (bicyclic) bond motifs is 2. The van der Waals surface area contributed by atoms with E-state index in [2.05, 4.69) is 31.9 Å². The summed E-state index contributed by atoms with van der Waals surface area (Å²) in [5.74, 6) is 1.09. The summed E-state index contributed by atoms with van der Waals surface area (Å²) in [6, 6.07) is 0.725. The van der Waals surface area contributed by atoms with Crippen LogP contribution in [0.4, 0.5) is 5.13 Å². The van der Waals surface area contributed by atoms with E-state index in [0.717, 1.165) is 28.0 Å². The first-order valence-electron chi connectivity index (χ1n) is 6.33. The Kier molecular flexibility index (Phi) is 2.20. The zero-order valence-electron chi connectivity index (χ0n) is 10.7. The molecule has 0 bridgehead atoms. The quantitative estimate of drug-likeness (QED) is 0.779. The largest absolute Gasteiger partial charge is 0.350 e. The molecule has 0 radical (unpaired) electrons. The molecule has 19 heavy (non-hydrogen) atoms. The van der Waals surface area contributed by atoms with E-state index in [0.29, 0.717) is 6.04 Å². The van der Waals surface area contributed by atoms with Gasteiger partial charge in [-0.25, -0.2) is 14.5 Å². The average molecular weight is 274 g/mol. The van der Waals surface area contributed by atoms with Crippen molar-refractivity contribution in [1.29, 1.82) is 0 Å². The van der Waals surface area contributed by atoms with E-state index in [9.17, 15) is 0 Å². The number of nitrogens with one attached hydrogen (secondary N) is 1. The van der Waals surface area contributed by atoms with Gasteiger partial charge in [0.2, 0.25) is 10.1 Å². The van der Waals surface area contributed by atoms with E-state index in [1.165, 1.54) is 0 Å². The Labute approximate surface area is 114 Å². The number of aryl methyl sites for hydroxylation is 1. The van der Waals surface area contributed by atoms with Crippen molar-refractivity contribution in [2.24, 2.45) is 0 Å². The van der Waals surface area contributed by atoms with E-state index < -0.39 is 0 Å². The van der Waals surface area contributed by atoms with Crippen LogP contribution in [0.15, 0.2) is 18.6 Å². The maximum atomic E-state index is 4.50. The highest BCUT2D eigenvalue weighted by Gasteiger charge is 2.29. The fourth-order valence-electron chi connectivity index (χ4n) is 2.67. The first-order chi connectivity index (χ1) is 9.20. The van der Waals surface area contributed by atoms with Crippen molar-refractivity contribution in [3.05, 3.63) is 30.1 Å². The summed E-state index contributed by atoms with van der Waals surface area (Å²) in [5.41, 5.74) is 0.996. The van der Waals surface area contributed by atoms with E-state index in [-0.39, 0.29) is 6.04 Å². The predicted octanol–water partition coefficient (Wildman–Crippen LogP) is 2.41. The molecule has 4 heterocycles. The Balaban J connectivity index is 1.63. The molecule has 1 aliphatic rings. The van der Waals surface area contributed by atoms with Crippen molar-refractivity contribution < 1.29 is 0 Å². The van der Waals surface area contributed by atoms with Gasteiger partial charge in [-0.15, -0.1) is 5.10 Å². The highest BCUT2D eigenvalue weighted by molar-refractivity contribution is 7.20. The maximum Gasteiger partial charge on any atom is 0.214 e. The zero-order chi connectivity index (χ0) is 13.0. The van der Waals surface area contributed by atoms with E-state index in [4.69, 9.17) is 0 Å². The van der Waals surface area contributed by atoms with Crippen molar-refractivity contribution in [3.8, 4) is 0 Å². The molecule has 1 N–H and O–H groups in total. The Morgan fingerprint density at radius 3 is 3.21 bits per heavy atom. The third-order valence-electron chi connectivity index (χ3n) is 3.52. The van der Waals surface area contributed by atoms with E-state index in [1.807, 2.05) is 30.0 Å².